The lowest BCUT2D eigenvalue weighted by Crippen LogP contribution is -2.62. The zero-order valence-corrected chi connectivity index (χ0v) is 20.5. The Morgan fingerprint density at radius 2 is 1.36 bits per heavy atom. The fourth-order valence-electron chi connectivity index (χ4n) is 3.54. The Morgan fingerprint density at radius 3 is 1.79 bits per heavy atom. The van der Waals surface area contributed by atoms with Crippen LogP contribution < -0.4 is 0 Å². The van der Waals surface area contributed by atoms with Gasteiger partial charge in [0.2, 0.25) is 0 Å². The number of hydrogen-bond donors (Lipinski definition) is 2. The van der Waals surface area contributed by atoms with E-state index in [4.69, 9.17) is 18.9 Å². The van der Waals surface area contributed by atoms with Crippen LogP contribution in [0.25, 0.3) is 0 Å². The standard InChI is InChI=1S/C21H38O11S/c1-4-6-8-10-12-16(23)30-19-18(32-33(25,26)27)15(14-22)29-21(28-3)20(19)31-17(24)13-11-9-7-5-2/h15,18-22H,4-14H2,1-3H3,(H,25,26,27)/t15-,18-,19+,20-,21+/m1/s1. The summed E-state index contributed by atoms with van der Waals surface area (Å²) in [6.45, 7) is 3.33. The third-order valence-electron chi connectivity index (χ3n) is 5.24. The maximum absolute atomic E-state index is 12.5. The molecule has 0 unspecified atom stereocenters. The van der Waals surface area contributed by atoms with E-state index in [9.17, 15) is 27.7 Å². The molecule has 1 saturated heterocycles. The molecule has 0 radical (unpaired) electrons. The fraction of sp³-hybridized carbons (Fsp3) is 0.905. The number of methoxy groups -OCH3 is 1. The highest BCUT2D eigenvalue weighted by molar-refractivity contribution is 7.80. The highest BCUT2D eigenvalue weighted by atomic mass is 32.3. The number of carbonyl (C=O) groups is 2. The van der Waals surface area contributed by atoms with Gasteiger partial charge in [0.05, 0.1) is 6.61 Å². The normalized spacial score (nSPS) is 25.5. The van der Waals surface area contributed by atoms with Gasteiger partial charge in [0.1, 0.15) is 12.2 Å². The molecule has 1 fully saturated rings. The number of aliphatic hydroxyl groups excluding tert-OH is 1. The lowest BCUT2D eigenvalue weighted by atomic mass is 9.98. The first-order valence-electron chi connectivity index (χ1n) is 11.5. The van der Waals surface area contributed by atoms with Crippen LogP contribution in [-0.4, -0.2) is 74.4 Å². The van der Waals surface area contributed by atoms with Crippen molar-refractivity contribution in [3.8, 4) is 0 Å². The molecule has 1 heterocycles. The first kappa shape index (κ1) is 29.7. The van der Waals surface area contributed by atoms with Crippen LogP contribution in [0.15, 0.2) is 0 Å². The summed E-state index contributed by atoms with van der Waals surface area (Å²) in [5.41, 5.74) is 0. The van der Waals surface area contributed by atoms with Gasteiger partial charge >= 0.3 is 22.3 Å². The van der Waals surface area contributed by atoms with Crippen LogP contribution in [0.2, 0.25) is 0 Å². The summed E-state index contributed by atoms with van der Waals surface area (Å²) >= 11 is 0. The van der Waals surface area contributed by atoms with Crippen LogP contribution in [-0.2, 0) is 43.1 Å². The topological polar surface area (TPSA) is 155 Å². The van der Waals surface area contributed by atoms with Crippen molar-refractivity contribution in [1.29, 1.82) is 0 Å². The number of ether oxygens (including phenoxy) is 4. The molecule has 0 bridgehead atoms. The Hall–Kier alpha value is -1.31. The van der Waals surface area contributed by atoms with Gasteiger partial charge < -0.3 is 24.1 Å². The molecule has 1 aliphatic rings. The number of esters is 2. The van der Waals surface area contributed by atoms with E-state index in [1.807, 2.05) is 13.8 Å². The van der Waals surface area contributed by atoms with E-state index in [0.717, 1.165) is 38.5 Å². The third kappa shape index (κ3) is 11.1. The molecular formula is C21H38O11S. The smallest absolute Gasteiger partial charge is 0.397 e. The molecule has 2 N–H and O–H groups in total. The molecule has 1 rings (SSSR count). The van der Waals surface area contributed by atoms with Gasteiger partial charge in [0, 0.05) is 20.0 Å². The van der Waals surface area contributed by atoms with E-state index in [1.54, 1.807) is 0 Å². The summed E-state index contributed by atoms with van der Waals surface area (Å²) in [6.07, 6.45) is -0.341. The molecule has 0 aliphatic carbocycles. The molecule has 0 spiro atoms. The summed E-state index contributed by atoms with van der Waals surface area (Å²) in [5, 5.41) is 9.67. The van der Waals surface area contributed by atoms with Gasteiger partial charge in [-0.25, -0.2) is 4.18 Å². The molecule has 0 aromatic rings. The van der Waals surface area contributed by atoms with Crippen LogP contribution in [0.3, 0.4) is 0 Å². The number of aliphatic hydroxyl groups is 1. The molecule has 0 saturated carbocycles. The van der Waals surface area contributed by atoms with Gasteiger partial charge in [0.15, 0.2) is 18.5 Å². The molecule has 11 nitrogen and oxygen atoms in total. The molecule has 0 aromatic heterocycles. The fourth-order valence-corrected chi connectivity index (χ4v) is 4.06. The molecule has 1 aliphatic heterocycles. The summed E-state index contributed by atoms with van der Waals surface area (Å²) in [7, 11) is -3.76. The van der Waals surface area contributed by atoms with Crippen molar-refractivity contribution in [2.45, 2.75) is 109 Å². The quantitative estimate of drug-likeness (QED) is 0.183. The van der Waals surface area contributed by atoms with E-state index in [1.165, 1.54) is 7.11 Å². The van der Waals surface area contributed by atoms with Crippen LogP contribution >= 0.6 is 0 Å². The van der Waals surface area contributed by atoms with Crippen LogP contribution in [0.1, 0.15) is 78.1 Å². The summed E-state index contributed by atoms with van der Waals surface area (Å²) in [4.78, 5) is 24.9. The Bertz CT molecular complexity index is 682. The van der Waals surface area contributed by atoms with Crippen LogP contribution in [0.4, 0.5) is 0 Å². The predicted octanol–water partition coefficient (Wildman–Crippen LogP) is 2.30. The number of carbonyl (C=O) groups excluding carboxylic acids is 2. The summed E-state index contributed by atoms with van der Waals surface area (Å²) < 4.78 is 58.4. The second-order valence-corrected chi connectivity index (χ2v) is 9.03. The van der Waals surface area contributed by atoms with Gasteiger partial charge in [-0.15, -0.1) is 0 Å². The van der Waals surface area contributed by atoms with Gasteiger partial charge in [-0.3, -0.25) is 14.1 Å². The van der Waals surface area contributed by atoms with Crippen molar-refractivity contribution in [2.24, 2.45) is 0 Å². The number of rotatable bonds is 16. The molecule has 0 aromatic carbocycles. The van der Waals surface area contributed by atoms with Gasteiger partial charge in [-0.2, -0.15) is 8.42 Å². The minimum absolute atomic E-state index is 0.0507. The van der Waals surface area contributed by atoms with Crippen molar-refractivity contribution < 1.29 is 50.8 Å². The van der Waals surface area contributed by atoms with Crippen molar-refractivity contribution in [2.75, 3.05) is 13.7 Å². The molecule has 0 amide bonds. The van der Waals surface area contributed by atoms with Gasteiger partial charge in [-0.1, -0.05) is 52.4 Å². The van der Waals surface area contributed by atoms with Crippen LogP contribution in [0, 0.1) is 0 Å². The summed E-state index contributed by atoms with van der Waals surface area (Å²) in [5.74, 6) is -1.28. The van der Waals surface area contributed by atoms with E-state index in [-0.39, 0.29) is 12.8 Å². The van der Waals surface area contributed by atoms with Crippen molar-refractivity contribution in [1.82, 2.24) is 0 Å². The first-order chi connectivity index (χ1) is 15.7. The largest absolute Gasteiger partial charge is 0.455 e. The monoisotopic (exact) mass is 498 g/mol. The zero-order chi connectivity index (χ0) is 24.9. The molecule has 5 atom stereocenters. The highest BCUT2D eigenvalue weighted by Crippen LogP contribution is 2.30. The molecule has 194 valence electrons. The van der Waals surface area contributed by atoms with Gasteiger partial charge in [-0.05, 0) is 12.8 Å². The Kier molecular flexibility index (Phi) is 14.0. The van der Waals surface area contributed by atoms with E-state index in [0.29, 0.717) is 12.8 Å². The molecular weight excluding hydrogens is 460 g/mol. The average molecular weight is 499 g/mol. The van der Waals surface area contributed by atoms with E-state index >= 15 is 0 Å². The van der Waals surface area contributed by atoms with Crippen LogP contribution in [0.5, 0.6) is 0 Å². The van der Waals surface area contributed by atoms with E-state index < -0.39 is 59.7 Å². The average Bonchev–Trinajstić information content (AvgIpc) is 2.75. The molecule has 33 heavy (non-hydrogen) atoms. The maximum atomic E-state index is 12.5. The van der Waals surface area contributed by atoms with Gasteiger partial charge in [0.25, 0.3) is 0 Å². The zero-order valence-electron chi connectivity index (χ0n) is 19.6. The number of unbranched alkanes of at least 4 members (excludes halogenated alkanes) is 6. The van der Waals surface area contributed by atoms with Crippen molar-refractivity contribution >= 4 is 22.3 Å². The second-order valence-electron chi connectivity index (χ2n) is 7.98. The lowest BCUT2D eigenvalue weighted by molar-refractivity contribution is -0.296. The maximum Gasteiger partial charge on any atom is 0.397 e. The Labute approximate surface area is 196 Å². The first-order valence-corrected chi connectivity index (χ1v) is 12.9. The minimum Gasteiger partial charge on any atom is -0.455 e. The Morgan fingerprint density at radius 1 is 0.848 bits per heavy atom. The Balaban J connectivity index is 3.07. The predicted molar refractivity (Wildman–Crippen MR) is 116 cm³/mol. The SMILES string of the molecule is CCCCCCC(=O)O[C@@H]1[C@@H](OC(=O)CCCCCC)[C@@H](OC)O[C@H](CO)[C@H]1OS(=O)(=O)O. The lowest BCUT2D eigenvalue weighted by Gasteiger charge is -2.43. The minimum atomic E-state index is -5.02. The second kappa shape index (κ2) is 15.6. The summed E-state index contributed by atoms with van der Waals surface area (Å²) in [6, 6.07) is 0. The van der Waals surface area contributed by atoms with Crippen molar-refractivity contribution in [3.63, 3.8) is 0 Å². The van der Waals surface area contributed by atoms with E-state index in [2.05, 4.69) is 4.18 Å². The molecule has 12 heteroatoms. The number of hydrogen-bond acceptors (Lipinski definition) is 10. The van der Waals surface area contributed by atoms with Crippen molar-refractivity contribution in [3.05, 3.63) is 0 Å². The third-order valence-corrected chi connectivity index (χ3v) is 5.71. The highest BCUT2D eigenvalue weighted by Gasteiger charge is 2.52.